The Bertz CT molecular complexity index is 1190. The van der Waals surface area contributed by atoms with Crippen LogP contribution in [0.4, 0.5) is 0 Å². The lowest BCUT2D eigenvalue weighted by Crippen LogP contribution is -2.52. The molecule has 4 nitrogen and oxygen atoms in total. The highest BCUT2D eigenvalue weighted by atomic mass is 35.5. The van der Waals surface area contributed by atoms with Gasteiger partial charge in [-0.15, -0.1) is 0 Å². The summed E-state index contributed by atoms with van der Waals surface area (Å²) in [5, 5.41) is 4.24. The molecule has 0 spiro atoms. The van der Waals surface area contributed by atoms with Gasteiger partial charge in [0.25, 0.3) is 0 Å². The van der Waals surface area contributed by atoms with Gasteiger partial charge < -0.3 is 10.2 Å². The van der Waals surface area contributed by atoms with Crippen LogP contribution in [0.1, 0.15) is 47.9 Å². The van der Waals surface area contributed by atoms with Crippen LogP contribution in [0.25, 0.3) is 0 Å². The van der Waals surface area contributed by atoms with E-state index in [4.69, 9.17) is 23.2 Å². The summed E-state index contributed by atoms with van der Waals surface area (Å²) in [6.45, 7) is 2.22. The second kappa shape index (κ2) is 12.4. The number of hydrogen-bond donors (Lipinski definition) is 1. The van der Waals surface area contributed by atoms with Gasteiger partial charge in [-0.25, -0.2) is 0 Å². The largest absolute Gasteiger partial charge is 0.352 e. The summed E-state index contributed by atoms with van der Waals surface area (Å²) in [6.07, 6.45) is 4.81. The number of hydrogen-bond acceptors (Lipinski definition) is 2. The molecule has 0 radical (unpaired) electrons. The zero-order valence-corrected chi connectivity index (χ0v) is 22.1. The number of nitrogens with one attached hydrogen (secondary N) is 1. The molecule has 0 heterocycles. The zero-order valence-electron chi connectivity index (χ0n) is 20.6. The van der Waals surface area contributed by atoms with Gasteiger partial charge >= 0.3 is 0 Å². The predicted octanol–water partition coefficient (Wildman–Crippen LogP) is 6.54. The predicted molar refractivity (Wildman–Crippen MR) is 146 cm³/mol. The maximum absolute atomic E-state index is 13.9. The molecule has 1 atom stereocenters. The molecule has 1 aliphatic rings. The number of amides is 2. The standard InChI is InChI=1S/C30H32Cl2N2O2/c1-21-9-5-6-12-23(21)18-29(35)34(20-24-15-16-25(31)19-27(24)32)28(17-22-10-3-2-4-11-22)30(36)33-26-13-7-8-14-26/h2-6,9-12,15-16,19,26,28H,7-8,13-14,17-18,20H2,1H3,(H,33,36)/t28-/m1/s1. The fourth-order valence-electron chi connectivity index (χ4n) is 4.83. The van der Waals surface area contributed by atoms with Crippen LogP contribution in [0, 0.1) is 6.92 Å². The number of halogens is 2. The normalized spacial score (nSPS) is 14.4. The molecule has 0 unspecified atom stereocenters. The molecule has 1 aliphatic carbocycles. The van der Waals surface area contributed by atoms with Gasteiger partial charge in [0.2, 0.25) is 11.8 Å². The molecule has 3 aromatic carbocycles. The van der Waals surface area contributed by atoms with Crippen LogP contribution in [-0.4, -0.2) is 28.8 Å². The summed E-state index contributed by atoms with van der Waals surface area (Å²) in [5.41, 5.74) is 3.75. The van der Waals surface area contributed by atoms with Gasteiger partial charge in [0.1, 0.15) is 6.04 Å². The van der Waals surface area contributed by atoms with Crippen molar-refractivity contribution in [1.29, 1.82) is 0 Å². The van der Waals surface area contributed by atoms with Gasteiger partial charge in [-0.1, -0.05) is 96.7 Å². The molecule has 1 N–H and O–H groups in total. The number of rotatable bonds is 9. The second-order valence-corrected chi connectivity index (χ2v) is 10.4. The summed E-state index contributed by atoms with van der Waals surface area (Å²) >= 11 is 12.6. The summed E-state index contributed by atoms with van der Waals surface area (Å²) in [4.78, 5) is 29.3. The van der Waals surface area contributed by atoms with Gasteiger partial charge in [0, 0.05) is 29.1 Å². The van der Waals surface area contributed by atoms with Crippen molar-refractivity contribution in [3.63, 3.8) is 0 Å². The van der Waals surface area contributed by atoms with Crippen molar-refractivity contribution in [2.45, 2.75) is 64.1 Å². The van der Waals surface area contributed by atoms with Gasteiger partial charge in [0.15, 0.2) is 0 Å². The van der Waals surface area contributed by atoms with Crippen molar-refractivity contribution in [2.75, 3.05) is 0 Å². The first kappa shape index (κ1) is 26.2. The van der Waals surface area contributed by atoms with Crippen LogP contribution in [0.3, 0.4) is 0 Å². The Kier molecular flexibility index (Phi) is 9.06. The molecule has 4 rings (SSSR count). The molecule has 1 fully saturated rings. The second-order valence-electron chi connectivity index (χ2n) is 9.56. The van der Waals surface area contributed by atoms with E-state index in [2.05, 4.69) is 5.32 Å². The Morgan fingerprint density at radius 3 is 2.33 bits per heavy atom. The van der Waals surface area contributed by atoms with Gasteiger partial charge in [0.05, 0.1) is 6.42 Å². The van der Waals surface area contributed by atoms with E-state index in [1.165, 1.54) is 0 Å². The molecule has 188 valence electrons. The van der Waals surface area contributed by atoms with E-state index in [9.17, 15) is 9.59 Å². The van der Waals surface area contributed by atoms with E-state index in [-0.39, 0.29) is 30.8 Å². The molecule has 6 heteroatoms. The van der Waals surface area contributed by atoms with E-state index in [0.717, 1.165) is 47.9 Å². The Hall–Kier alpha value is -2.82. The lowest BCUT2D eigenvalue weighted by Gasteiger charge is -2.33. The molecule has 3 aromatic rings. The molecule has 0 bridgehead atoms. The quantitative estimate of drug-likeness (QED) is 0.346. The average molecular weight is 524 g/mol. The van der Waals surface area contributed by atoms with Gasteiger partial charge in [-0.3, -0.25) is 9.59 Å². The van der Waals surface area contributed by atoms with E-state index < -0.39 is 6.04 Å². The molecule has 2 amide bonds. The number of carbonyl (C=O) groups excluding carboxylic acids is 2. The molecule has 0 aromatic heterocycles. The monoisotopic (exact) mass is 522 g/mol. The fraction of sp³-hybridized carbons (Fsp3) is 0.333. The van der Waals surface area contributed by atoms with E-state index in [1.54, 1.807) is 17.0 Å². The van der Waals surface area contributed by atoms with Crippen LogP contribution in [0.15, 0.2) is 72.8 Å². The Morgan fingerprint density at radius 2 is 1.64 bits per heavy atom. The zero-order chi connectivity index (χ0) is 25.5. The first-order valence-electron chi connectivity index (χ1n) is 12.5. The smallest absolute Gasteiger partial charge is 0.243 e. The first-order valence-corrected chi connectivity index (χ1v) is 13.3. The maximum Gasteiger partial charge on any atom is 0.243 e. The third-order valence-electron chi connectivity index (χ3n) is 6.93. The molecular weight excluding hydrogens is 491 g/mol. The van der Waals surface area contributed by atoms with E-state index in [0.29, 0.717) is 16.5 Å². The minimum Gasteiger partial charge on any atom is -0.352 e. The van der Waals surface area contributed by atoms with Crippen molar-refractivity contribution in [1.82, 2.24) is 10.2 Å². The van der Waals surface area contributed by atoms with Gasteiger partial charge in [-0.2, -0.15) is 0 Å². The fourth-order valence-corrected chi connectivity index (χ4v) is 5.30. The maximum atomic E-state index is 13.9. The molecule has 1 saturated carbocycles. The Morgan fingerprint density at radius 1 is 0.944 bits per heavy atom. The van der Waals surface area contributed by atoms with Crippen molar-refractivity contribution in [3.8, 4) is 0 Å². The Labute approximate surface area is 223 Å². The Balaban J connectivity index is 1.69. The average Bonchev–Trinajstić information content (AvgIpc) is 3.37. The molecular formula is C30H32Cl2N2O2. The lowest BCUT2D eigenvalue weighted by molar-refractivity contribution is -0.141. The third-order valence-corrected chi connectivity index (χ3v) is 7.52. The highest BCUT2D eigenvalue weighted by Crippen LogP contribution is 2.25. The number of aryl methyl sites for hydroxylation is 1. The van der Waals surface area contributed by atoms with E-state index in [1.807, 2.05) is 67.6 Å². The van der Waals surface area contributed by atoms with E-state index >= 15 is 0 Å². The van der Waals surface area contributed by atoms with Crippen molar-refractivity contribution >= 4 is 35.0 Å². The number of benzene rings is 3. The van der Waals surface area contributed by atoms with Crippen molar-refractivity contribution in [2.24, 2.45) is 0 Å². The van der Waals surface area contributed by atoms with Crippen molar-refractivity contribution < 1.29 is 9.59 Å². The molecule has 36 heavy (non-hydrogen) atoms. The summed E-state index contributed by atoms with van der Waals surface area (Å²) < 4.78 is 0. The van der Waals surface area contributed by atoms with Gasteiger partial charge in [-0.05, 0) is 54.2 Å². The van der Waals surface area contributed by atoms with Crippen molar-refractivity contribution in [3.05, 3.63) is 105 Å². The number of nitrogens with zero attached hydrogens (tertiary/aromatic N) is 1. The lowest BCUT2D eigenvalue weighted by atomic mass is 10.00. The van der Waals surface area contributed by atoms with Crippen LogP contribution >= 0.6 is 23.2 Å². The molecule has 0 saturated heterocycles. The third kappa shape index (κ3) is 6.89. The van der Waals surface area contributed by atoms with Crippen LogP contribution in [-0.2, 0) is 29.0 Å². The highest BCUT2D eigenvalue weighted by Gasteiger charge is 2.32. The minimum atomic E-state index is -0.670. The first-order chi connectivity index (χ1) is 17.4. The minimum absolute atomic E-state index is 0.113. The molecule has 0 aliphatic heterocycles. The summed E-state index contributed by atoms with van der Waals surface area (Å²) in [5.74, 6) is -0.230. The highest BCUT2D eigenvalue weighted by molar-refractivity contribution is 6.35. The van der Waals surface area contributed by atoms with Crippen LogP contribution < -0.4 is 5.32 Å². The van der Waals surface area contributed by atoms with Crippen LogP contribution in [0.2, 0.25) is 10.0 Å². The summed E-state index contributed by atoms with van der Waals surface area (Å²) in [6, 6.07) is 22.5. The SMILES string of the molecule is Cc1ccccc1CC(=O)N(Cc1ccc(Cl)cc1Cl)[C@H](Cc1ccccc1)C(=O)NC1CCCC1. The summed E-state index contributed by atoms with van der Waals surface area (Å²) in [7, 11) is 0. The van der Waals surface area contributed by atoms with Crippen LogP contribution in [0.5, 0.6) is 0 Å². The topological polar surface area (TPSA) is 49.4 Å². The number of carbonyl (C=O) groups is 2.